The van der Waals surface area contributed by atoms with Gasteiger partial charge in [0.05, 0.1) is 7.11 Å². The van der Waals surface area contributed by atoms with Crippen molar-refractivity contribution in [3.8, 4) is 0 Å². The van der Waals surface area contributed by atoms with E-state index in [-0.39, 0.29) is 0 Å². The molecule has 0 saturated carbocycles. The minimum atomic E-state index is -2.61. The van der Waals surface area contributed by atoms with Crippen LogP contribution in [0.3, 0.4) is 0 Å². The summed E-state index contributed by atoms with van der Waals surface area (Å²) in [6.07, 6.45) is -1.50. The first kappa shape index (κ1) is 13.1. The van der Waals surface area contributed by atoms with Crippen LogP contribution in [0.4, 0.5) is 4.39 Å². The number of esters is 1. The smallest absolute Gasteiger partial charge is 0.340 e. The highest BCUT2D eigenvalue weighted by atomic mass is 32.2. The van der Waals surface area contributed by atoms with Crippen LogP contribution in [0.5, 0.6) is 0 Å². The maximum absolute atomic E-state index is 11.6. The quantitative estimate of drug-likeness (QED) is 0.453. The van der Waals surface area contributed by atoms with Crippen molar-refractivity contribution >= 4 is 17.3 Å². The van der Waals surface area contributed by atoms with Gasteiger partial charge in [-0.1, -0.05) is 0 Å². The van der Waals surface area contributed by atoms with Crippen molar-refractivity contribution in [2.24, 2.45) is 0 Å². The molecule has 2 N–H and O–H groups in total. The van der Waals surface area contributed by atoms with E-state index in [1.54, 1.807) is 0 Å². The molecule has 11 heavy (non-hydrogen) atoms. The molecule has 0 radical (unpaired) electrons. The third-order valence-electron chi connectivity index (χ3n) is 0.526. The van der Waals surface area contributed by atoms with Crippen LogP contribution >= 0.6 is 0 Å². The van der Waals surface area contributed by atoms with E-state index in [1.807, 2.05) is 0 Å². The van der Waals surface area contributed by atoms with E-state index in [2.05, 4.69) is 4.74 Å². The summed E-state index contributed by atoms with van der Waals surface area (Å²) in [5.74, 6) is -0.819. The van der Waals surface area contributed by atoms with E-state index in [4.69, 9.17) is 13.3 Å². The summed E-state index contributed by atoms with van der Waals surface area (Å²) in [6.45, 7) is 1.13. The zero-order valence-corrected chi connectivity index (χ0v) is 6.80. The Hall–Kier alpha value is -0.530. The minimum Gasteiger partial charge on any atom is -0.467 e. The predicted octanol–water partition coefficient (Wildman–Crippen LogP) is 0.198. The van der Waals surface area contributed by atoms with Crippen LogP contribution in [0.15, 0.2) is 0 Å². The number of rotatable bonds is 1. The number of carbonyl (C=O) groups excluding carboxylic acids is 1. The highest BCUT2D eigenvalue weighted by molar-refractivity contribution is 7.73. The van der Waals surface area contributed by atoms with Gasteiger partial charge < -0.3 is 4.74 Å². The largest absolute Gasteiger partial charge is 0.467 e. The van der Waals surface area contributed by atoms with E-state index in [1.165, 1.54) is 0 Å². The number of hydrogen-bond donors (Lipinski definition) is 2. The zero-order valence-electron chi connectivity index (χ0n) is 5.98. The molecule has 0 aromatic rings. The fraction of sp³-hybridized carbons (Fsp3) is 0.750. The van der Waals surface area contributed by atoms with Crippen molar-refractivity contribution in [1.82, 2.24) is 0 Å². The third-order valence-corrected chi connectivity index (χ3v) is 0.526. The molecule has 0 amide bonds. The molecule has 0 fully saturated rings. The van der Waals surface area contributed by atoms with Crippen molar-refractivity contribution in [2.75, 3.05) is 7.11 Å². The van der Waals surface area contributed by atoms with Gasteiger partial charge in [0.1, 0.15) is 0 Å². The topological polar surface area (TPSA) is 83.8 Å². The predicted molar refractivity (Wildman–Crippen MR) is 36.0 cm³/mol. The molecule has 68 valence electrons. The normalized spacial score (nSPS) is 11.5. The standard InChI is InChI=1S/C4H7FO2.H2O3S/c1-3(5)4(6)7-2;1-4(2)3/h3H,1-2H3;(H2,1,2,3). The average molecular weight is 188 g/mol. The fourth-order valence-electron chi connectivity index (χ4n) is 0.162. The maximum atomic E-state index is 11.6. The summed E-state index contributed by atoms with van der Waals surface area (Å²) < 4.78 is 38.5. The Morgan fingerprint density at radius 2 is 1.91 bits per heavy atom. The average Bonchev–Trinajstić information content (AvgIpc) is 1.85. The van der Waals surface area contributed by atoms with Crippen molar-refractivity contribution in [2.45, 2.75) is 13.1 Å². The van der Waals surface area contributed by atoms with Crippen LogP contribution in [-0.2, 0) is 20.9 Å². The van der Waals surface area contributed by atoms with Gasteiger partial charge in [0.25, 0.3) is 11.4 Å². The molecule has 1 unspecified atom stereocenters. The number of methoxy groups -OCH3 is 1. The fourth-order valence-corrected chi connectivity index (χ4v) is 0.162. The highest BCUT2D eigenvalue weighted by Crippen LogP contribution is 1.88. The summed E-state index contributed by atoms with van der Waals surface area (Å²) in [6, 6.07) is 0. The van der Waals surface area contributed by atoms with Gasteiger partial charge in [-0.15, -0.1) is 0 Å². The van der Waals surface area contributed by atoms with Gasteiger partial charge in [0.2, 0.25) is 0 Å². The van der Waals surface area contributed by atoms with Crippen LogP contribution in [0.25, 0.3) is 0 Å². The molecule has 0 aromatic carbocycles. The van der Waals surface area contributed by atoms with Crippen molar-refractivity contribution < 1.29 is 27.2 Å². The Bertz CT molecular complexity index is 132. The number of halogens is 1. The molecular weight excluding hydrogens is 179 g/mol. The van der Waals surface area contributed by atoms with Gasteiger partial charge in [0.15, 0.2) is 6.17 Å². The Labute approximate surface area is 65.7 Å². The molecule has 0 aliphatic carbocycles. The van der Waals surface area contributed by atoms with Crippen molar-refractivity contribution in [3.63, 3.8) is 0 Å². The lowest BCUT2D eigenvalue weighted by atomic mass is 10.5. The lowest BCUT2D eigenvalue weighted by molar-refractivity contribution is -0.145. The monoisotopic (exact) mass is 188 g/mol. The number of carbonyl (C=O) groups is 1. The summed E-state index contributed by atoms with van der Waals surface area (Å²) in [4.78, 5) is 9.91. The van der Waals surface area contributed by atoms with Crippen LogP contribution in [-0.4, -0.2) is 32.6 Å². The molecule has 0 aliphatic rings. The molecule has 0 heterocycles. The number of hydrogen-bond acceptors (Lipinski definition) is 3. The van der Waals surface area contributed by atoms with E-state index >= 15 is 0 Å². The van der Waals surface area contributed by atoms with Gasteiger partial charge in [-0.2, -0.15) is 4.21 Å². The van der Waals surface area contributed by atoms with E-state index in [0.717, 1.165) is 14.0 Å². The Balaban J connectivity index is 0. The van der Waals surface area contributed by atoms with Gasteiger partial charge in [-0.3, -0.25) is 9.11 Å². The second-order valence-corrected chi connectivity index (χ2v) is 1.83. The van der Waals surface area contributed by atoms with E-state index in [0.29, 0.717) is 0 Å². The maximum Gasteiger partial charge on any atom is 0.340 e. The van der Waals surface area contributed by atoms with Crippen LogP contribution < -0.4 is 0 Å². The number of alkyl halides is 1. The first-order valence-corrected chi connectivity index (χ1v) is 3.50. The second kappa shape index (κ2) is 7.58. The van der Waals surface area contributed by atoms with Gasteiger partial charge >= 0.3 is 5.97 Å². The zero-order chi connectivity index (χ0) is 9.44. The summed E-state index contributed by atoms with van der Waals surface area (Å²) in [7, 11) is 1.15. The highest BCUT2D eigenvalue weighted by Gasteiger charge is 2.08. The second-order valence-electron chi connectivity index (χ2n) is 1.37. The summed E-state index contributed by atoms with van der Waals surface area (Å²) >= 11 is -2.61. The molecule has 1 atom stereocenters. The van der Waals surface area contributed by atoms with Crippen molar-refractivity contribution in [3.05, 3.63) is 0 Å². The molecule has 0 bridgehead atoms. The lowest BCUT2D eigenvalue weighted by Crippen LogP contribution is -2.12. The molecular formula is C4H9FO5S. The third kappa shape index (κ3) is 17.7. The Kier molecular flexibility index (Phi) is 9.01. The molecule has 0 spiro atoms. The Morgan fingerprint density at radius 3 is 1.91 bits per heavy atom. The summed E-state index contributed by atoms with van der Waals surface area (Å²) in [5.41, 5.74) is 0. The van der Waals surface area contributed by atoms with Crippen LogP contribution in [0.1, 0.15) is 6.92 Å². The lowest BCUT2D eigenvalue weighted by Gasteiger charge is -1.94. The van der Waals surface area contributed by atoms with Crippen LogP contribution in [0, 0.1) is 0 Å². The van der Waals surface area contributed by atoms with Gasteiger partial charge in [0, 0.05) is 0 Å². The minimum absolute atomic E-state index is 0.819. The van der Waals surface area contributed by atoms with E-state index in [9.17, 15) is 9.18 Å². The molecule has 0 aromatic heterocycles. The molecule has 0 rings (SSSR count). The first-order valence-electron chi connectivity index (χ1n) is 2.43. The van der Waals surface area contributed by atoms with Gasteiger partial charge in [-0.25, -0.2) is 9.18 Å². The van der Waals surface area contributed by atoms with Crippen LogP contribution in [0.2, 0.25) is 0 Å². The summed E-state index contributed by atoms with van der Waals surface area (Å²) in [5, 5.41) is 0. The Morgan fingerprint density at radius 1 is 1.64 bits per heavy atom. The van der Waals surface area contributed by atoms with Gasteiger partial charge in [-0.05, 0) is 6.92 Å². The molecule has 5 nitrogen and oxygen atoms in total. The SMILES string of the molecule is COC(=O)C(C)F.O=S(O)O. The molecule has 0 saturated heterocycles. The van der Waals surface area contributed by atoms with E-state index < -0.39 is 23.5 Å². The van der Waals surface area contributed by atoms with Crippen molar-refractivity contribution in [1.29, 1.82) is 0 Å². The number of ether oxygens (including phenoxy) is 1. The molecule has 0 aliphatic heterocycles. The first-order chi connectivity index (χ1) is 4.91. The molecule has 7 heteroatoms.